The molecule has 1 aliphatic rings. The third-order valence-electron chi connectivity index (χ3n) is 3.11. The second kappa shape index (κ2) is 6.01. The van der Waals surface area contributed by atoms with E-state index in [-0.39, 0.29) is 0 Å². The van der Waals surface area contributed by atoms with Gasteiger partial charge < -0.3 is 10.6 Å². The van der Waals surface area contributed by atoms with Crippen LogP contribution in [0.5, 0.6) is 0 Å². The lowest BCUT2D eigenvalue weighted by molar-refractivity contribution is 0.357. The molecule has 1 atom stereocenters. The number of hydrogen-bond acceptors (Lipinski definition) is 3. The molecule has 0 spiro atoms. The second-order valence-electron chi connectivity index (χ2n) is 4.70. The van der Waals surface area contributed by atoms with Crippen LogP contribution >= 0.6 is 0 Å². The molecule has 0 bridgehead atoms. The molecule has 2 rings (SSSR count). The van der Waals surface area contributed by atoms with Gasteiger partial charge in [0, 0.05) is 12.7 Å². The lowest BCUT2D eigenvalue weighted by Crippen LogP contribution is -2.36. The molecule has 0 radical (unpaired) electrons. The number of aromatic nitrogens is 2. The van der Waals surface area contributed by atoms with E-state index >= 15 is 0 Å². The van der Waals surface area contributed by atoms with Crippen LogP contribution in [0.2, 0.25) is 0 Å². The van der Waals surface area contributed by atoms with Crippen molar-refractivity contribution in [3.05, 3.63) is 18.0 Å². The van der Waals surface area contributed by atoms with Crippen LogP contribution in [0.1, 0.15) is 18.4 Å². The Morgan fingerprint density at radius 3 is 3.25 bits per heavy atom. The summed E-state index contributed by atoms with van der Waals surface area (Å²) in [5.74, 6) is 0.813. The molecule has 0 aliphatic carbocycles. The first-order chi connectivity index (χ1) is 7.84. The van der Waals surface area contributed by atoms with Crippen LogP contribution in [0.25, 0.3) is 0 Å². The zero-order valence-electron chi connectivity index (χ0n) is 10.1. The number of nitrogens with zero attached hydrogens (tertiary/aromatic N) is 2. The molecule has 2 heterocycles. The molecular weight excluding hydrogens is 200 g/mol. The molecule has 1 aliphatic heterocycles. The zero-order chi connectivity index (χ0) is 11.2. The molecule has 90 valence electrons. The summed E-state index contributed by atoms with van der Waals surface area (Å²) in [6, 6.07) is 0. The highest BCUT2D eigenvalue weighted by molar-refractivity contribution is 4.99. The lowest BCUT2D eigenvalue weighted by Gasteiger charge is -2.22. The Bertz CT molecular complexity index is 302. The highest BCUT2D eigenvalue weighted by Gasteiger charge is 2.11. The molecular formula is C12H22N4. The van der Waals surface area contributed by atoms with Crippen molar-refractivity contribution < 1.29 is 0 Å². The molecule has 0 amide bonds. The van der Waals surface area contributed by atoms with Crippen molar-refractivity contribution in [1.82, 2.24) is 20.4 Å². The Morgan fingerprint density at radius 1 is 1.62 bits per heavy atom. The highest BCUT2D eigenvalue weighted by atomic mass is 15.3. The smallest absolute Gasteiger partial charge is 0.0534 e. The quantitative estimate of drug-likeness (QED) is 0.724. The molecule has 4 nitrogen and oxygen atoms in total. The minimum atomic E-state index is 0.813. The van der Waals surface area contributed by atoms with Crippen molar-refractivity contribution in [2.75, 3.05) is 26.2 Å². The molecule has 1 aromatic rings. The van der Waals surface area contributed by atoms with Gasteiger partial charge in [-0.3, -0.25) is 4.68 Å². The SMILES string of the molecule is Cc1cnn(CCNCC2CCCNC2)c1. The molecule has 16 heavy (non-hydrogen) atoms. The van der Waals surface area contributed by atoms with E-state index in [0.29, 0.717) is 0 Å². The summed E-state index contributed by atoms with van der Waals surface area (Å²) in [5, 5.41) is 11.2. The molecule has 4 heteroatoms. The molecule has 0 aromatic carbocycles. The van der Waals surface area contributed by atoms with Gasteiger partial charge in [-0.05, 0) is 50.9 Å². The fraction of sp³-hybridized carbons (Fsp3) is 0.750. The summed E-state index contributed by atoms with van der Waals surface area (Å²) in [6.07, 6.45) is 6.68. The van der Waals surface area contributed by atoms with Crippen LogP contribution in [0.15, 0.2) is 12.4 Å². The Kier molecular flexibility index (Phi) is 4.36. The van der Waals surface area contributed by atoms with Gasteiger partial charge in [0.15, 0.2) is 0 Å². The van der Waals surface area contributed by atoms with Gasteiger partial charge in [-0.2, -0.15) is 5.10 Å². The maximum Gasteiger partial charge on any atom is 0.0534 e. The van der Waals surface area contributed by atoms with Gasteiger partial charge in [0.05, 0.1) is 12.7 Å². The van der Waals surface area contributed by atoms with E-state index in [9.17, 15) is 0 Å². The average molecular weight is 222 g/mol. The summed E-state index contributed by atoms with van der Waals surface area (Å²) in [7, 11) is 0. The average Bonchev–Trinajstić information content (AvgIpc) is 2.72. The van der Waals surface area contributed by atoms with E-state index in [2.05, 4.69) is 28.9 Å². The maximum absolute atomic E-state index is 4.26. The van der Waals surface area contributed by atoms with Gasteiger partial charge in [0.2, 0.25) is 0 Å². The Labute approximate surface area is 97.4 Å². The van der Waals surface area contributed by atoms with Crippen molar-refractivity contribution in [3.8, 4) is 0 Å². The number of rotatable bonds is 5. The highest BCUT2D eigenvalue weighted by Crippen LogP contribution is 2.07. The van der Waals surface area contributed by atoms with E-state index in [1.54, 1.807) is 0 Å². The van der Waals surface area contributed by atoms with E-state index in [1.165, 1.54) is 31.5 Å². The predicted octanol–water partition coefficient (Wildman–Crippen LogP) is 0.781. The summed E-state index contributed by atoms with van der Waals surface area (Å²) < 4.78 is 2.00. The standard InChI is InChI=1S/C12H22N4/c1-11-7-15-16(10-11)6-5-14-9-12-3-2-4-13-8-12/h7,10,12-14H,2-6,8-9H2,1H3. The monoisotopic (exact) mass is 222 g/mol. The summed E-state index contributed by atoms with van der Waals surface area (Å²) in [6.45, 7) is 7.56. The van der Waals surface area contributed by atoms with Crippen LogP contribution < -0.4 is 10.6 Å². The minimum Gasteiger partial charge on any atom is -0.316 e. The normalized spacial score (nSPS) is 21.2. The van der Waals surface area contributed by atoms with Gasteiger partial charge in [0.25, 0.3) is 0 Å². The van der Waals surface area contributed by atoms with Crippen molar-refractivity contribution in [3.63, 3.8) is 0 Å². The Hall–Kier alpha value is -0.870. The van der Waals surface area contributed by atoms with Crippen molar-refractivity contribution >= 4 is 0 Å². The van der Waals surface area contributed by atoms with Crippen molar-refractivity contribution in [2.45, 2.75) is 26.3 Å². The number of hydrogen-bond donors (Lipinski definition) is 2. The molecule has 1 aromatic heterocycles. The second-order valence-corrected chi connectivity index (χ2v) is 4.70. The number of nitrogens with one attached hydrogen (secondary N) is 2. The van der Waals surface area contributed by atoms with Gasteiger partial charge in [0.1, 0.15) is 0 Å². The molecule has 1 fully saturated rings. The third-order valence-corrected chi connectivity index (χ3v) is 3.11. The first-order valence-corrected chi connectivity index (χ1v) is 6.25. The zero-order valence-corrected chi connectivity index (χ0v) is 10.1. The van der Waals surface area contributed by atoms with Crippen LogP contribution in [0, 0.1) is 12.8 Å². The summed E-state index contributed by atoms with van der Waals surface area (Å²) in [5.41, 5.74) is 1.23. The topological polar surface area (TPSA) is 41.9 Å². The van der Waals surface area contributed by atoms with Crippen LogP contribution in [0.3, 0.4) is 0 Å². The lowest BCUT2D eigenvalue weighted by atomic mass is 10.00. The first kappa shape index (κ1) is 11.6. The van der Waals surface area contributed by atoms with Crippen LogP contribution in [-0.2, 0) is 6.54 Å². The fourth-order valence-electron chi connectivity index (χ4n) is 2.19. The minimum absolute atomic E-state index is 0.813. The van der Waals surface area contributed by atoms with E-state index < -0.39 is 0 Å². The number of piperidine rings is 1. The maximum atomic E-state index is 4.26. The number of aryl methyl sites for hydroxylation is 1. The van der Waals surface area contributed by atoms with Crippen LogP contribution in [-0.4, -0.2) is 36.0 Å². The van der Waals surface area contributed by atoms with Gasteiger partial charge in [-0.15, -0.1) is 0 Å². The molecule has 1 saturated heterocycles. The molecule has 0 saturated carbocycles. The van der Waals surface area contributed by atoms with E-state index in [1.807, 2.05) is 10.9 Å². The molecule has 1 unspecified atom stereocenters. The van der Waals surface area contributed by atoms with Crippen LogP contribution in [0.4, 0.5) is 0 Å². The van der Waals surface area contributed by atoms with Gasteiger partial charge in [-0.1, -0.05) is 0 Å². The summed E-state index contributed by atoms with van der Waals surface area (Å²) in [4.78, 5) is 0. The Morgan fingerprint density at radius 2 is 2.56 bits per heavy atom. The van der Waals surface area contributed by atoms with Gasteiger partial charge in [-0.25, -0.2) is 0 Å². The third kappa shape index (κ3) is 3.61. The van der Waals surface area contributed by atoms with E-state index in [4.69, 9.17) is 0 Å². The van der Waals surface area contributed by atoms with Gasteiger partial charge >= 0.3 is 0 Å². The summed E-state index contributed by atoms with van der Waals surface area (Å²) >= 11 is 0. The molecule has 2 N–H and O–H groups in total. The van der Waals surface area contributed by atoms with E-state index in [0.717, 1.165) is 25.6 Å². The van der Waals surface area contributed by atoms with Crippen molar-refractivity contribution in [2.24, 2.45) is 5.92 Å². The first-order valence-electron chi connectivity index (χ1n) is 6.25. The predicted molar refractivity (Wildman–Crippen MR) is 65.4 cm³/mol. The largest absolute Gasteiger partial charge is 0.316 e. The fourth-order valence-corrected chi connectivity index (χ4v) is 2.19. The van der Waals surface area contributed by atoms with Crippen molar-refractivity contribution in [1.29, 1.82) is 0 Å². The Balaban J connectivity index is 1.57.